The van der Waals surface area contributed by atoms with E-state index in [0.717, 1.165) is 11.1 Å². The molecule has 3 nitrogen and oxygen atoms in total. The lowest BCUT2D eigenvalue weighted by Gasteiger charge is -2.36. The van der Waals surface area contributed by atoms with Crippen molar-refractivity contribution in [3.8, 4) is 45.3 Å². The quantitative estimate of drug-likeness (QED) is 0.266. The van der Waals surface area contributed by atoms with Gasteiger partial charge in [0.1, 0.15) is 0 Å². The van der Waals surface area contributed by atoms with Crippen molar-refractivity contribution < 1.29 is 11.0 Å². The molecule has 1 aromatic heterocycles. The minimum Gasteiger partial charge on any atom is -0.208 e. The Hall–Kier alpha value is -4.11. The molecule has 0 saturated heterocycles. The average molecular weight is 474 g/mol. The van der Waals surface area contributed by atoms with Gasteiger partial charge in [0, 0.05) is 33.1 Å². The van der Waals surface area contributed by atoms with E-state index in [-0.39, 0.29) is 17.0 Å². The highest BCUT2D eigenvalue weighted by Crippen LogP contribution is 2.56. The summed E-state index contributed by atoms with van der Waals surface area (Å²) < 4.78 is 72.1. The summed E-state index contributed by atoms with van der Waals surface area (Å²) in [5.74, 6) is 1.11. The van der Waals surface area contributed by atoms with Crippen LogP contribution in [0.25, 0.3) is 45.3 Å². The largest absolute Gasteiger partial charge is 0.208 e. The molecule has 7 rings (SSSR count). The van der Waals surface area contributed by atoms with Gasteiger partial charge in [-0.25, -0.2) is 15.0 Å². The normalized spacial score (nSPS) is 24.3. The molecule has 4 aromatic carbocycles. The van der Waals surface area contributed by atoms with Gasteiger partial charge in [0.2, 0.25) is 0 Å². The van der Waals surface area contributed by atoms with Crippen LogP contribution in [-0.2, 0) is 5.41 Å². The Balaban J connectivity index is 1.53. The molecule has 1 fully saturated rings. The van der Waals surface area contributed by atoms with E-state index in [0.29, 0.717) is 28.3 Å². The zero-order valence-corrected chi connectivity index (χ0v) is 19.4. The summed E-state index contributed by atoms with van der Waals surface area (Å²) in [6.45, 7) is 0. The van der Waals surface area contributed by atoms with Gasteiger partial charge in [-0.15, -0.1) is 0 Å². The maximum atomic E-state index is 9.28. The van der Waals surface area contributed by atoms with E-state index in [2.05, 4.69) is 0 Å². The Kier molecular flexibility index (Phi) is 3.42. The van der Waals surface area contributed by atoms with Gasteiger partial charge in [-0.3, -0.25) is 0 Å². The lowest BCUT2D eigenvalue weighted by molar-refractivity contribution is 0.353. The third kappa shape index (κ3) is 3.38. The number of hydrogen-bond acceptors (Lipinski definition) is 3. The third-order valence-corrected chi connectivity index (χ3v) is 6.73. The molecule has 1 heterocycles. The molecule has 174 valence electrons. The highest BCUT2D eigenvalue weighted by atomic mass is 15.0. The summed E-state index contributed by atoms with van der Waals surface area (Å²) in [5, 5.41) is 0. The molecule has 3 heteroatoms. The Morgan fingerprint density at radius 1 is 0.528 bits per heavy atom. The van der Waals surface area contributed by atoms with E-state index < -0.39 is 37.3 Å². The van der Waals surface area contributed by atoms with Crippen LogP contribution < -0.4 is 0 Å². The van der Waals surface area contributed by atoms with E-state index in [1.807, 2.05) is 60.7 Å². The molecule has 2 aliphatic carbocycles. The predicted molar refractivity (Wildman–Crippen MR) is 145 cm³/mol. The topological polar surface area (TPSA) is 38.7 Å². The first-order valence-corrected chi connectivity index (χ1v) is 11.9. The monoisotopic (exact) mass is 473 g/mol. The van der Waals surface area contributed by atoms with Crippen LogP contribution in [0.2, 0.25) is 0 Å². The van der Waals surface area contributed by atoms with Crippen molar-refractivity contribution in [2.24, 2.45) is 0 Å². The maximum Gasteiger partial charge on any atom is 0.164 e. The molecule has 0 N–H and O–H groups in total. The third-order valence-electron chi connectivity index (χ3n) is 6.73. The first-order chi connectivity index (χ1) is 20.8. The van der Waals surface area contributed by atoms with Gasteiger partial charge in [0.25, 0.3) is 0 Å². The Morgan fingerprint density at radius 2 is 1.06 bits per heavy atom. The molecule has 0 radical (unpaired) electrons. The number of rotatable bonds is 3. The number of fused-ring (bicyclic) bond motifs is 5. The van der Waals surface area contributed by atoms with Crippen molar-refractivity contribution >= 4 is 0 Å². The molecule has 2 aliphatic rings. The second-order valence-corrected chi connectivity index (χ2v) is 8.87. The number of aromatic nitrogens is 3. The van der Waals surface area contributed by atoms with E-state index in [1.165, 1.54) is 0 Å². The first-order valence-electron chi connectivity index (χ1n) is 15.9. The summed E-state index contributed by atoms with van der Waals surface area (Å²) in [5.41, 5.74) is 1.12. The van der Waals surface area contributed by atoms with E-state index in [4.69, 9.17) is 20.4 Å². The number of nitrogens with zero attached hydrogens (tertiary/aromatic N) is 3. The van der Waals surface area contributed by atoms with Crippen molar-refractivity contribution in [3.63, 3.8) is 0 Å². The molecule has 0 aliphatic heterocycles. The highest BCUT2D eigenvalue weighted by molar-refractivity contribution is 5.83. The van der Waals surface area contributed by atoms with Crippen LogP contribution in [0.15, 0.2) is 103 Å². The van der Waals surface area contributed by atoms with Gasteiger partial charge in [0.15, 0.2) is 17.5 Å². The number of benzene rings is 4. The molecule has 0 amide bonds. The van der Waals surface area contributed by atoms with E-state index in [9.17, 15) is 5.48 Å². The molecule has 0 unspecified atom stereocenters. The molecular weight excluding hydrogens is 438 g/mol. The predicted octanol–water partition coefficient (Wildman–Crippen LogP) is 8.10. The molecule has 5 aromatic rings. The van der Waals surface area contributed by atoms with E-state index >= 15 is 0 Å². The minimum atomic E-state index is -2.83. The molecule has 1 spiro atoms. The van der Waals surface area contributed by atoms with Gasteiger partial charge in [-0.2, -0.15) is 0 Å². The van der Waals surface area contributed by atoms with Gasteiger partial charge in [-0.05, 0) is 41.1 Å². The zero-order valence-electron chi connectivity index (χ0n) is 27.4. The summed E-state index contributed by atoms with van der Waals surface area (Å²) in [7, 11) is 0. The van der Waals surface area contributed by atoms with Crippen LogP contribution in [0.1, 0.15) is 54.0 Å². The van der Waals surface area contributed by atoms with Crippen molar-refractivity contribution in [2.45, 2.75) is 37.3 Å². The van der Waals surface area contributed by atoms with Crippen LogP contribution >= 0.6 is 0 Å². The summed E-state index contributed by atoms with van der Waals surface area (Å²) in [6.07, 6.45) is -12.0. The molecule has 1 saturated carbocycles. The summed E-state index contributed by atoms with van der Waals surface area (Å²) >= 11 is 0. The fraction of sp³-hybridized carbons (Fsp3) is 0.182. The fourth-order valence-electron chi connectivity index (χ4n) is 5.05. The molecule has 0 atom stereocenters. The molecular formula is C33H27N3. The standard InChI is InChI=1S/C33H27N3/c1-4-12-23(13-5-1)30-34-31(24-14-6-2-7-15-24)36-32(35-30)25-18-19-27-26-16-8-9-17-28(26)33(29(27)22-25)20-10-3-11-21-33/h1-2,4-9,12-19,22H,3,10-11,20-21H2/i10D2,11D2,20D2,21D2. The lowest BCUT2D eigenvalue weighted by atomic mass is 9.67. The lowest BCUT2D eigenvalue weighted by Crippen LogP contribution is -2.28. The second kappa shape index (κ2) is 8.53. The van der Waals surface area contributed by atoms with Crippen LogP contribution in [0.5, 0.6) is 0 Å². The van der Waals surface area contributed by atoms with Crippen molar-refractivity contribution in [1.29, 1.82) is 0 Å². The van der Waals surface area contributed by atoms with Gasteiger partial charge >= 0.3 is 0 Å². The van der Waals surface area contributed by atoms with Crippen LogP contribution in [-0.4, -0.2) is 15.0 Å². The van der Waals surface area contributed by atoms with Crippen molar-refractivity contribution in [2.75, 3.05) is 0 Å². The van der Waals surface area contributed by atoms with Crippen LogP contribution in [0, 0.1) is 0 Å². The van der Waals surface area contributed by atoms with Gasteiger partial charge < -0.3 is 0 Å². The smallest absolute Gasteiger partial charge is 0.164 e. The second-order valence-electron chi connectivity index (χ2n) is 8.87. The van der Waals surface area contributed by atoms with Gasteiger partial charge in [-0.1, -0.05) is 116 Å². The maximum absolute atomic E-state index is 9.28. The fourth-order valence-corrected chi connectivity index (χ4v) is 5.05. The Bertz CT molecular complexity index is 1830. The highest BCUT2D eigenvalue weighted by Gasteiger charge is 2.43. The zero-order chi connectivity index (χ0) is 31.1. The van der Waals surface area contributed by atoms with Crippen LogP contribution in [0.4, 0.5) is 0 Å². The average Bonchev–Trinajstić information content (AvgIpc) is 3.32. The van der Waals surface area contributed by atoms with Crippen molar-refractivity contribution in [3.05, 3.63) is 114 Å². The molecule has 36 heavy (non-hydrogen) atoms. The summed E-state index contributed by atoms with van der Waals surface area (Å²) in [4.78, 5) is 14.3. The van der Waals surface area contributed by atoms with Crippen LogP contribution in [0.3, 0.4) is 0 Å². The number of hydrogen-bond donors (Lipinski definition) is 0. The summed E-state index contributed by atoms with van der Waals surface area (Å²) in [6, 6.07) is 30.8. The molecule has 0 bridgehead atoms. The van der Waals surface area contributed by atoms with Gasteiger partial charge in [0.05, 0.1) is 0 Å². The Labute approximate surface area is 223 Å². The van der Waals surface area contributed by atoms with Crippen molar-refractivity contribution in [1.82, 2.24) is 15.0 Å². The Morgan fingerprint density at radius 3 is 1.69 bits per heavy atom. The SMILES string of the molecule is [2H]C1([2H])CC([2H])([2H])C([2H])([2H])C2(c3ccccc3-c3ccc(-c4nc(-c5ccccc5)nc(-c5ccccc5)n4)cc32)C1([2H])[2H]. The first kappa shape index (κ1) is 14.4. The minimum absolute atomic E-state index is 0.168. The van der Waals surface area contributed by atoms with E-state index in [1.54, 1.807) is 42.5 Å².